The van der Waals surface area contributed by atoms with E-state index in [1.54, 1.807) is 63.4 Å². The zero-order valence-corrected chi connectivity index (χ0v) is 25.3. The molecule has 2 heterocycles. The van der Waals surface area contributed by atoms with E-state index in [0.29, 0.717) is 47.6 Å². The van der Waals surface area contributed by atoms with Crippen LogP contribution in [0.2, 0.25) is 0 Å². The highest BCUT2D eigenvalue weighted by Crippen LogP contribution is 2.30. The van der Waals surface area contributed by atoms with Gasteiger partial charge in [-0.05, 0) is 56.2 Å². The highest BCUT2D eigenvalue weighted by molar-refractivity contribution is 6.13. The summed E-state index contributed by atoms with van der Waals surface area (Å²) in [6, 6.07) is 11.7. The minimum absolute atomic E-state index is 0.0854. The Morgan fingerprint density at radius 3 is 2.42 bits per heavy atom. The van der Waals surface area contributed by atoms with E-state index in [1.165, 1.54) is 16.1 Å². The predicted octanol–water partition coefficient (Wildman–Crippen LogP) is 3.95. The maximum atomic E-state index is 13.4. The van der Waals surface area contributed by atoms with E-state index in [1.807, 2.05) is 0 Å². The average Bonchev–Trinajstić information content (AvgIpc) is 3.42. The highest BCUT2D eigenvalue weighted by atomic mass is 16.4. The average molecular weight is 615 g/mol. The molecule has 0 saturated heterocycles. The molecule has 2 aliphatic rings. The molecule has 0 bridgehead atoms. The number of aryl methyl sites for hydroxylation is 1. The third-order valence-corrected chi connectivity index (χ3v) is 8.10. The van der Waals surface area contributed by atoms with Gasteiger partial charge in [-0.3, -0.25) is 28.8 Å². The van der Waals surface area contributed by atoms with Gasteiger partial charge in [-0.2, -0.15) is 0 Å². The van der Waals surface area contributed by atoms with E-state index < -0.39 is 23.3 Å². The van der Waals surface area contributed by atoms with Crippen molar-refractivity contribution in [1.29, 1.82) is 0 Å². The number of likely N-dealkylation sites (N-methyl/N-ethyl adjacent to an activating group) is 1. The van der Waals surface area contributed by atoms with Gasteiger partial charge in [0.15, 0.2) is 11.6 Å². The molecular weight excluding hydrogens is 580 g/mol. The lowest BCUT2D eigenvalue weighted by molar-refractivity contribution is -0.137. The number of hydrogen-bond acceptors (Lipinski definition) is 8. The summed E-state index contributed by atoms with van der Waals surface area (Å²) in [4.78, 5) is 78.1. The SMILES string of the molecule is CN1C(=O)CN(CCC(=O)O)C(=O)c2cc(NC(C)(C)C(=O)Cc3ccc(NC(=O)c4coc5c4C(=O)CCC5)cc3)ccc21. The molecule has 234 valence electrons. The van der Waals surface area contributed by atoms with Crippen LogP contribution in [0.4, 0.5) is 17.1 Å². The number of hydrogen-bond donors (Lipinski definition) is 3. The van der Waals surface area contributed by atoms with Gasteiger partial charge in [-0.1, -0.05) is 12.1 Å². The summed E-state index contributed by atoms with van der Waals surface area (Å²) in [5.41, 5.74) is 1.84. The van der Waals surface area contributed by atoms with Gasteiger partial charge in [0.25, 0.3) is 11.8 Å². The number of carbonyl (C=O) groups is 6. The number of aliphatic carboxylic acids is 1. The van der Waals surface area contributed by atoms with Crippen LogP contribution < -0.4 is 15.5 Å². The number of furan rings is 1. The Kier molecular flexibility index (Phi) is 8.58. The number of nitrogens with one attached hydrogen (secondary N) is 2. The number of carboxylic acids is 1. The standard InChI is InChI=1S/C33H34N4O8/c1-33(2,35-21-11-12-24-22(16-21)32(44)37(14-13-29(41)42)17-28(40)36(24)3)27(39)15-19-7-9-20(10-8-19)34-31(43)23-18-45-26-6-4-5-25(38)30(23)26/h7-12,16,18,35H,4-6,13-15,17H2,1-3H3,(H,34,43)(H,41,42). The van der Waals surface area contributed by atoms with Crippen molar-refractivity contribution in [3.05, 3.63) is 76.7 Å². The Bertz CT molecular complexity index is 1710. The molecule has 2 aromatic carbocycles. The topological polar surface area (TPSA) is 166 Å². The van der Waals surface area contributed by atoms with Crippen LogP contribution in [-0.2, 0) is 27.2 Å². The van der Waals surface area contributed by atoms with Gasteiger partial charge in [-0.25, -0.2) is 0 Å². The normalized spacial score (nSPS) is 14.9. The quantitative estimate of drug-likeness (QED) is 0.306. The Labute approximate surface area is 259 Å². The van der Waals surface area contributed by atoms with Crippen molar-refractivity contribution in [2.24, 2.45) is 0 Å². The number of carboxylic acid groups (broad SMARTS) is 1. The molecule has 0 spiro atoms. The van der Waals surface area contributed by atoms with Gasteiger partial charge in [0.05, 0.1) is 34.3 Å². The smallest absolute Gasteiger partial charge is 0.305 e. The first kappa shape index (κ1) is 31.2. The minimum atomic E-state index is -1.08. The lowest BCUT2D eigenvalue weighted by atomic mass is 9.92. The van der Waals surface area contributed by atoms with Gasteiger partial charge in [0.1, 0.15) is 18.6 Å². The Balaban J connectivity index is 1.25. The molecule has 3 N–H and O–H groups in total. The maximum absolute atomic E-state index is 13.4. The molecule has 0 atom stereocenters. The first-order valence-electron chi connectivity index (χ1n) is 14.6. The number of benzene rings is 2. The first-order valence-corrected chi connectivity index (χ1v) is 14.6. The largest absolute Gasteiger partial charge is 0.481 e. The van der Waals surface area contributed by atoms with Crippen LogP contribution in [0.1, 0.15) is 75.5 Å². The molecule has 3 amide bonds. The Morgan fingerprint density at radius 2 is 1.71 bits per heavy atom. The second kappa shape index (κ2) is 12.4. The highest BCUT2D eigenvalue weighted by Gasteiger charge is 2.32. The second-order valence-corrected chi connectivity index (χ2v) is 11.8. The maximum Gasteiger partial charge on any atom is 0.305 e. The van der Waals surface area contributed by atoms with Crippen LogP contribution in [0.5, 0.6) is 0 Å². The Morgan fingerprint density at radius 1 is 1.00 bits per heavy atom. The van der Waals surface area contributed by atoms with Crippen LogP contribution >= 0.6 is 0 Å². The van der Waals surface area contributed by atoms with Gasteiger partial charge in [0, 0.05) is 44.2 Å². The molecule has 1 aliphatic heterocycles. The van der Waals surface area contributed by atoms with Crippen molar-refractivity contribution >= 4 is 52.3 Å². The summed E-state index contributed by atoms with van der Waals surface area (Å²) in [7, 11) is 1.55. The van der Waals surface area contributed by atoms with E-state index in [0.717, 1.165) is 5.56 Å². The van der Waals surface area contributed by atoms with Crippen LogP contribution in [0.25, 0.3) is 0 Å². The fraction of sp³-hybridized carbons (Fsp3) is 0.333. The van der Waals surface area contributed by atoms with E-state index in [4.69, 9.17) is 9.52 Å². The summed E-state index contributed by atoms with van der Waals surface area (Å²) in [5, 5.41) is 15.0. The number of amides is 3. The molecule has 0 fully saturated rings. The van der Waals surface area contributed by atoms with Crippen LogP contribution in [0, 0.1) is 0 Å². The molecule has 1 aliphatic carbocycles. The molecule has 3 aromatic rings. The summed E-state index contributed by atoms with van der Waals surface area (Å²) >= 11 is 0. The van der Waals surface area contributed by atoms with Gasteiger partial charge in [0.2, 0.25) is 5.91 Å². The van der Waals surface area contributed by atoms with Gasteiger partial charge >= 0.3 is 5.97 Å². The first-order chi connectivity index (χ1) is 21.3. The van der Waals surface area contributed by atoms with Crippen LogP contribution in [0.3, 0.4) is 0 Å². The number of Topliss-reactive ketones (excluding diaryl/α,β-unsaturated/α-hetero) is 2. The second-order valence-electron chi connectivity index (χ2n) is 11.8. The number of carbonyl (C=O) groups excluding carboxylic acids is 5. The third-order valence-electron chi connectivity index (χ3n) is 8.10. The molecule has 0 saturated carbocycles. The third kappa shape index (κ3) is 6.64. The summed E-state index contributed by atoms with van der Waals surface area (Å²) in [6.45, 7) is 3.10. The molecule has 12 heteroatoms. The van der Waals surface area contributed by atoms with Crippen molar-refractivity contribution in [1.82, 2.24) is 4.90 Å². The van der Waals surface area contributed by atoms with Crippen LogP contribution in [-0.4, -0.2) is 70.9 Å². The van der Waals surface area contributed by atoms with Crippen molar-refractivity contribution in [3.8, 4) is 0 Å². The molecule has 5 rings (SSSR count). The molecular formula is C33H34N4O8. The van der Waals surface area contributed by atoms with Crippen molar-refractivity contribution in [2.45, 2.75) is 51.5 Å². The molecule has 45 heavy (non-hydrogen) atoms. The predicted molar refractivity (Wildman–Crippen MR) is 165 cm³/mol. The van der Waals surface area contributed by atoms with E-state index in [9.17, 15) is 28.8 Å². The van der Waals surface area contributed by atoms with Crippen molar-refractivity contribution < 1.29 is 38.3 Å². The number of fused-ring (bicyclic) bond motifs is 2. The molecule has 0 radical (unpaired) electrons. The Hall–Kier alpha value is -5.26. The monoisotopic (exact) mass is 614 g/mol. The van der Waals surface area contributed by atoms with E-state index in [-0.39, 0.29) is 54.5 Å². The summed E-state index contributed by atoms with van der Waals surface area (Å²) in [5.74, 6) is -2.03. The molecule has 0 unspecified atom stereocenters. The van der Waals surface area contributed by atoms with Gasteiger partial charge < -0.3 is 30.0 Å². The number of anilines is 3. The van der Waals surface area contributed by atoms with E-state index >= 15 is 0 Å². The van der Waals surface area contributed by atoms with E-state index in [2.05, 4.69) is 10.6 Å². The minimum Gasteiger partial charge on any atom is -0.481 e. The molecule has 12 nitrogen and oxygen atoms in total. The fourth-order valence-corrected chi connectivity index (χ4v) is 5.47. The molecule has 1 aromatic heterocycles. The lowest BCUT2D eigenvalue weighted by Gasteiger charge is -2.27. The van der Waals surface area contributed by atoms with Crippen molar-refractivity contribution in [2.75, 3.05) is 35.7 Å². The number of nitrogens with zero attached hydrogens (tertiary/aromatic N) is 2. The zero-order valence-electron chi connectivity index (χ0n) is 25.3. The number of ketones is 2. The number of rotatable bonds is 10. The lowest BCUT2D eigenvalue weighted by Crippen LogP contribution is -2.41. The summed E-state index contributed by atoms with van der Waals surface area (Å²) < 4.78 is 5.44. The fourth-order valence-electron chi connectivity index (χ4n) is 5.47. The van der Waals surface area contributed by atoms with Crippen molar-refractivity contribution in [3.63, 3.8) is 0 Å². The summed E-state index contributed by atoms with van der Waals surface area (Å²) in [6.07, 6.45) is 2.82. The van der Waals surface area contributed by atoms with Crippen LogP contribution in [0.15, 0.2) is 53.1 Å². The zero-order chi connectivity index (χ0) is 32.5. The van der Waals surface area contributed by atoms with Gasteiger partial charge in [-0.15, -0.1) is 0 Å².